The van der Waals surface area contributed by atoms with Gasteiger partial charge in [0, 0.05) is 13.1 Å². The van der Waals surface area contributed by atoms with Crippen molar-refractivity contribution in [2.75, 3.05) is 18.8 Å². The van der Waals surface area contributed by atoms with E-state index in [1.807, 2.05) is 11.8 Å². The van der Waals surface area contributed by atoms with Crippen LogP contribution in [-0.4, -0.2) is 34.7 Å². The average molecular weight is 217 g/mol. The summed E-state index contributed by atoms with van der Waals surface area (Å²) in [6.07, 6.45) is 3.99. The largest absolute Gasteiger partial charge is 0.481 e. The number of carbonyl (C=O) groups is 1. The van der Waals surface area contributed by atoms with E-state index < -0.39 is 5.97 Å². The number of thioether (sulfide) groups is 1. The van der Waals surface area contributed by atoms with Gasteiger partial charge in [-0.1, -0.05) is 19.8 Å². The van der Waals surface area contributed by atoms with Crippen molar-refractivity contribution in [1.82, 2.24) is 5.32 Å². The van der Waals surface area contributed by atoms with Crippen LogP contribution < -0.4 is 5.32 Å². The van der Waals surface area contributed by atoms with Crippen LogP contribution in [0.4, 0.5) is 0 Å². The molecule has 1 aliphatic heterocycles. The number of hydrogen-bond donors (Lipinski definition) is 2. The quantitative estimate of drug-likeness (QED) is 0.638. The maximum atomic E-state index is 10.7. The molecule has 0 atom stereocenters. The van der Waals surface area contributed by atoms with E-state index in [-0.39, 0.29) is 4.75 Å². The van der Waals surface area contributed by atoms with Crippen molar-refractivity contribution in [1.29, 1.82) is 0 Å². The van der Waals surface area contributed by atoms with Crippen LogP contribution in [0.15, 0.2) is 0 Å². The first-order chi connectivity index (χ1) is 6.68. The van der Waals surface area contributed by atoms with Crippen LogP contribution in [-0.2, 0) is 4.79 Å². The summed E-state index contributed by atoms with van der Waals surface area (Å²) < 4.78 is -0.000422. The minimum atomic E-state index is -0.672. The first kappa shape index (κ1) is 11.9. The number of carboxylic acids is 1. The molecule has 0 aromatic rings. The maximum absolute atomic E-state index is 10.7. The van der Waals surface area contributed by atoms with Crippen LogP contribution >= 0.6 is 11.8 Å². The van der Waals surface area contributed by atoms with Crippen LogP contribution in [0.1, 0.15) is 32.6 Å². The molecule has 0 aromatic heterocycles. The zero-order chi connectivity index (χ0) is 10.4. The van der Waals surface area contributed by atoms with Crippen molar-refractivity contribution >= 4 is 17.7 Å². The molecule has 0 saturated carbocycles. The zero-order valence-electron chi connectivity index (χ0n) is 8.71. The van der Waals surface area contributed by atoms with Gasteiger partial charge in [-0.2, -0.15) is 11.8 Å². The molecule has 1 fully saturated rings. The molecule has 1 saturated heterocycles. The summed E-state index contributed by atoms with van der Waals surface area (Å²) in [7, 11) is 0. The Morgan fingerprint density at radius 1 is 1.50 bits per heavy atom. The summed E-state index contributed by atoms with van der Waals surface area (Å²) in [6.45, 7) is 3.90. The highest BCUT2D eigenvalue weighted by Crippen LogP contribution is 2.33. The zero-order valence-corrected chi connectivity index (χ0v) is 9.53. The maximum Gasteiger partial charge on any atom is 0.304 e. The Morgan fingerprint density at radius 3 is 2.64 bits per heavy atom. The molecule has 1 heterocycles. The predicted molar refractivity (Wildman–Crippen MR) is 59.8 cm³/mol. The Kier molecular flexibility index (Phi) is 4.75. The Morgan fingerprint density at radius 2 is 2.21 bits per heavy atom. The average Bonchev–Trinajstić information content (AvgIpc) is 2.07. The number of unbranched alkanes of at least 4 members (excludes halogenated alkanes) is 2. The van der Waals surface area contributed by atoms with Gasteiger partial charge in [-0.3, -0.25) is 4.79 Å². The van der Waals surface area contributed by atoms with Crippen molar-refractivity contribution in [2.45, 2.75) is 37.4 Å². The minimum Gasteiger partial charge on any atom is -0.481 e. The van der Waals surface area contributed by atoms with Gasteiger partial charge in [0.2, 0.25) is 0 Å². The van der Waals surface area contributed by atoms with Gasteiger partial charge in [-0.05, 0) is 12.2 Å². The smallest absolute Gasteiger partial charge is 0.304 e. The van der Waals surface area contributed by atoms with Gasteiger partial charge in [0.05, 0.1) is 11.2 Å². The lowest BCUT2D eigenvalue weighted by Gasteiger charge is -2.41. The Balaban J connectivity index is 2.20. The topological polar surface area (TPSA) is 49.3 Å². The van der Waals surface area contributed by atoms with Gasteiger partial charge < -0.3 is 10.4 Å². The van der Waals surface area contributed by atoms with E-state index in [4.69, 9.17) is 5.11 Å². The first-order valence-corrected chi connectivity index (χ1v) is 6.23. The van der Waals surface area contributed by atoms with Gasteiger partial charge in [-0.25, -0.2) is 0 Å². The van der Waals surface area contributed by atoms with Crippen molar-refractivity contribution in [3.05, 3.63) is 0 Å². The van der Waals surface area contributed by atoms with Crippen LogP contribution in [0.3, 0.4) is 0 Å². The number of carboxylic acid groups (broad SMARTS) is 1. The molecule has 14 heavy (non-hydrogen) atoms. The van der Waals surface area contributed by atoms with E-state index in [0.29, 0.717) is 6.42 Å². The van der Waals surface area contributed by atoms with Crippen molar-refractivity contribution in [3.63, 3.8) is 0 Å². The van der Waals surface area contributed by atoms with E-state index in [1.165, 1.54) is 19.3 Å². The lowest BCUT2D eigenvalue weighted by molar-refractivity contribution is -0.138. The molecular weight excluding hydrogens is 198 g/mol. The summed E-state index contributed by atoms with van der Waals surface area (Å²) >= 11 is 1.84. The summed E-state index contributed by atoms with van der Waals surface area (Å²) in [5.41, 5.74) is 0. The summed E-state index contributed by atoms with van der Waals surface area (Å²) in [4.78, 5) is 10.7. The third kappa shape index (κ3) is 3.50. The monoisotopic (exact) mass is 217 g/mol. The Bertz CT molecular complexity index is 193. The second kappa shape index (κ2) is 5.61. The second-order valence-corrected chi connectivity index (χ2v) is 5.48. The minimum absolute atomic E-state index is 0.000422. The van der Waals surface area contributed by atoms with Gasteiger partial charge in [0.15, 0.2) is 0 Å². The van der Waals surface area contributed by atoms with Crippen molar-refractivity contribution in [2.24, 2.45) is 0 Å². The Labute approximate surface area is 89.6 Å². The molecule has 3 nitrogen and oxygen atoms in total. The number of nitrogens with one attached hydrogen (secondary N) is 1. The molecule has 0 spiro atoms. The highest BCUT2D eigenvalue weighted by molar-refractivity contribution is 8.00. The highest BCUT2D eigenvalue weighted by Gasteiger charge is 2.39. The molecule has 1 aliphatic rings. The fourth-order valence-electron chi connectivity index (χ4n) is 1.60. The normalized spacial score (nSPS) is 18.9. The SMILES string of the molecule is CCCCCSC1(CC(=O)O)CNC1. The van der Waals surface area contributed by atoms with E-state index in [1.54, 1.807) is 0 Å². The summed E-state index contributed by atoms with van der Waals surface area (Å²) in [6, 6.07) is 0. The van der Waals surface area contributed by atoms with Crippen molar-refractivity contribution < 1.29 is 9.90 Å². The fourth-order valence-corrected chi connectivity index (χ4v) is 3.01. The van der Waals surface area contributed by atoms with Gasteiger partial charge >= 0.3 is 5.97 Å². The summed E-state index contributed by atoms with van der Waals surface area (Å²) in [5, 5.41) is 11.9. The van der Waals surface area contributed by atoms with Crippen LogP contribution in [0, 0.1) is 0 Å². The molecule has 0 unspecified atom stereocenters. The lowest BCUT2D eigenvalue weighted by Crippen LogP contribution is -2.58. The molecular formula is C10H19NO2S. The fraction of sp³-hybridized carbons (Fsp3) is 0.900. The second-order valence-electron chi connectivity index (χ2n) is 3.91. The molecule has 4 heteroatoms. The van der Waals surface area contributed by atoms with E-state index >= 15 is 0 Å². The Hall–Kier alpha value is -0.220. The van der Waals surface area contributed by atoms with E-state index in [2.05, 4.69) is 12.2 Å². The number of aliphatic carboxylic acids is 1. The summed E-state index contributed by atoms with van der Waals surface area (Å²) in [5.74, 6) is 0.428. The molecule has 1 rings (SSSR count). The molecule has 0 radical (unpaired) electrons. The van der Waals surface area contributed by atoms with E-state index in [9.17, 15) is 4.79 Å². The van der Waals surface area contributed by atoms with E-state index in [0.717, 1.165) is 18.8 Å². The van der Waals surface area contributed by atoms with Crippen LogP contribution in [0.2, 0.25) is 0 Å². The van der Waals surface area contributed by atoms with Gasteiger partial charge in [0.1, 0.15) is 0 Å². The van der Waals surface area contributed by atoms with Gasteiger partial charge in [-0.15, -0.1) is 0 Å². The molecule has 0 aliphatic carbocycles. The lowest BCUT2D eigenvalue weighted by atomic mass is 9.98. The number of rotatable bonds is 7. The van der Waals surface area contributed by atoms with Crippen molar-refractivity contribution in [3.8, 4) is 0 Å². The number of hydrogen-bond acceptors (Lipinski definition) is 3. The third-order valence-electron chi connectivity index (χ3n) is 2.52. The molecule has 0 aromatic carbocycles. The molecule has 0 amide bonds. The molecule has 0 bridgehead atoms. The molecule has 2 N–H and O–H groups in total. The van der Waals surface area contributed by atoms with Gasteiger partial charge in [0.25, 0.3) is 0 Å². The molecule has 82 valence electrons. The predicted octanol–water partition coefficient (Wildman–Crippen LogP) is 1.73. The third-order valence-corrected chi connectivity index (χ3v) is 4.06. The standard InChI is InChI=1S/C10H19NO2S/c1-2-3-4-5-14-10(6-9(12)13)7-11-8-10/h11H,2-8H2,1H3,(H,12,13). The van der Waals surface area contributed by atoms with Crippen LogP contribution in [0.25, 0.3) is 0 Å². The van der Waals surface area contributed by atoms with Crippen LogP contribution in [0.5, 0.6) is 0 Å². The first-order valence-electron chi connectivity index (χ1n) is 5.25. The highest BCUT2D eigenvalue weighted by atomic mass is 32.2.